The smallest absolute Gasteiger partial charge is 0.0274 e. The Morgan fingerprint density at radius 3 is 2.82 bits per heavy atom. The van der Waals surface area contributed by atoms with E-state index in [-0.39, 0.29) is 32.8 Å². The molecule has 1 aliphatic rings. The Morgan fingerprint density at radius 2 is 2.18 bits per heavy atom. The number of hydrogen-bond donors (Lipinski definition) is 0. The van der Waals surface area contributed by atoms with Gasteiger partial charge in [-0.3, -0.25) is 0 Å². The van der Waals surface area contributed by atoms with Gasteiger partial charge in [-0.2, -0.15) is 0 Å². The van der Waals surface area contributed by atoms with Crippen LogP contribution in [0.3, 0.4) is 0 Å². The molecule has 1 saturated heterocycles. The third-order valence-corrected chi connectivity index (χ3v) is 81.0. The second kappa shape index (κ2) is 8.82. The summed E-state index contributed by atoms with van der Waals surface area (Å²) in [6.45, 7) is 11.0. The zero-order chi connectivity index (χ0) is 12.8. The molecule has 0 radical (unpaired) electrons. The molecule has 0 spiro atoms. The van der Waals surface area contributed by atoms with Crippen molar-refractivity contribution in [2.24, 2.45) is 0 Å². The number of rotatable bonds is 5. The summed E-state index contributed by atoms with van der Waals surface area (Å²) in [6.07, 6.45) is 0. The van der Waals surface area contributed by atoms with Gasteiger partial charge in [-0.15, -0.1) is 0 Å². The molecule has 8 heteroatoms. The Bertz CT molecular complexity index is 213. The summed E-state index contributed by atoms with van der Waals surface area (Å²) in [4.78, 5) is 0. The molecule has 0 aromatic carbocycles. The second-order valence-electron chi connectivity index (χ2n) is 7.02. The molecular weight excluding hydrogens is 333 g/mol. The zero-order valence-corrected chi connectivity index (χ0v) is 23.7. The minimum Gasteiger partial charge on any atom is -0.0750 e. The van der Waals surface area contributed by atoms with Crippen molar-refractivity contribution in [1.82, 2.24) is 0 Å². The van der Waals surface area contributed by atoms with E-state index in [0.717, 1.165) is 0 Å². The van der Waals surface area contributed by atoms with E-state index in [9.17, 15) is 0 Å². The summed E-state index contributed by atoms with van der Waals surface area (Å²) in [5.41, 5.74) is 5.67. The lowest BCUT2D eigenvalue weighted by atomic mass is 10.9. The van der Waals surface area contributed by atoms with Gasteiger partial charge in [-0.05, 0) is 0 Å². The van der Waals surface area contributed by atoms with Crippen LogP contribution in [-0.4, -0.2) is 71.1 Å². The molecule has 0 amide bonds. The second-order valence-corrected chi connectivity index (χ2v) is 53.3. The first-order chi connectivity index (χ1) is 8.04. The minimum absolute atomic E-state index is 0.0446. The highest BCUT2D eigenvalue weighted by atomic mass is 29.9. The van der Waals surface area contributed by atoms with E-state index in [0.29, 0.717) is 28.1 Å². The quantitative estimate of drug-likeness (QED) is 0.493. The summed E-state index contributed by atoms with van der Waals surface area (Å²) in [6, 6.07) is 1.89. The molecule has 0 N–H and O–H groups in total. The first kappa shape index (κ1) is 16.8. The molecule has 0 bridgehead atoms. The van der Waals surface area contributed by atoms with E-state index in [1.54, 1.807) is 15.9 Å². The fourth-order valence-electron chi connectivity index (χ4n) is 4.18. The van der Waals surface area contributed by atoms with E-state index in [2.05, 4.69) is 26.2 Å². The maximum Gasteiger partial charge on any atom is 0.0274 e. The van der Waals surface area contributed by atoms with Crippen molar-refractivity contribution in [3.05, 3.63) is 0 Å². The van der Waals surface area contributed by atoms with Gasteiger partial charge in [-0.1, -0.05) is 54.4 Å². The largest absolute Gasteiger partial charge is 0.0750 e. The predicted octanol–water partition coefficient (Wildman–Crippen LogP) is -2.01. The van der Waals surface area contributed by atoms with Crippen LogP contribution in [0.15, 0.2) is 0 Å². The standard InChI is InChI=1S/C9H34Si8/c1-11-7-14(2)8-16(4)17-13-6-12-9(10)5-15(17)3/h9,14-17H,5-8,11-13H2,1-4,10H3. The zero-order valence-electron chi connectivity index (χ0n) is 12.8. The molecule has 102 valence electrons. The molecule has 1 rings (SSSR count). The number of hydrogen-bond acceptors (Lipinski definition) is 0. The minimum atomic E-state index is -0.166. The summed E-state index contributed by atoms with van der Waals surface area (Å²) in [5, 5.41) is 1.42. The van der Waals surface area contributed by atoms with Crippen LogP contribution in [-0.2, 0) is 0 Å². The molecule has 5 unspecified atom stereocenters. The van der Waals surface area contributed by atoms with Gasteiger partial charge < -0.3 is 0 Å². The normalized spacial score (nSPS) is 37.8. The van der Waals surface area contributed by atoms with E-state index in [1.165, 1.54) is 5.16 Å². The molecule has 0 aliphatic carbocycles. The van der Waals surface area contributed by atoms with Crippen LogP contribution in [0.5, 0.6) is 0 Å². The van der Waals surface area contributed by atoms with Crippen molar-refractivity contribution >= 4 is 71.1 Å². The van der Waals surface area contributed by atoms with Gasteiger partial charge in [0.05, 0.1) is 0 Å². The molecule has 0 aromatic heterocycles. The highest BCUT2D eigenvalue weighted by Crippen LogP contribution is 2.19. The molecule has 0 aromatic rings. The Hall–Kier alpha value is 1.74. The Morgan fingerprint density at radius 1 is 1.47 bits per heavy atom. The molecule has 5 atom stereocenters. The van der Waals surface area contributed by atoms with Crippen LogP contribution in [0.1, 0.15) is 0 Å². The van der Waals surface area contributed by atoms with Gasteiger partial charge >= 0.3 is 0 Å². The van der Waals surface area contributed by atoms with Crippen molar-refractivity contribution in [2.45, 2.75) is 54.4 Å². The van der Waals surface area contributed by atoms with Crippen LogP contribution in [0, 0.1) is 0 Å². The van der Waals surface area contributed by atoms with Crippen molar-refractivity contribution in [3.8, 4) is 0 Å². The van der Waals surface area contributed by atoms with Gasteiger partial charge in [0.25, 0.3) is 0 Å². The maximum atomic E-state index is 2.86. The third kappa shape index (κ3) is 6.14. The summed E-state index contributed by atoms with van der Waals surface area (Å²) < 4.78 is 0. The summed E-state index contributed by atoms with van der Waals surface area (Å²) in [7, 11) is 2.77. The SMILES string of the molecule is C[SiH2]C[SiH](C)C[SiH](C)[SiH]1[SiH2]C[SiH2]C([SiH3])C[SiH]1C. The Labute approximate surface area is 125 Å². The third-order valence-electron chi connectivity index (χ3n) is 5.03. The van der Waals surface area contributed by atoms with Crippen molar-refractivity contribution in [3.63, 3.8) is 0 Å². The monoisotopic (exact) mass is 366 g/mol. The van der Waals surface area contributed by atoms with Crippen LogP contribution >= 0.6 is 0 Å². The Kier molecular flexibility index (Phi) is 8.71. The van der Waals surface area contributed by atoms with Gasteiger partial charge in [0, 0.05) is 71.1 Å². The fourth-order valence-corrected chi connectivity index (χ4v) is 107. The van der Waals surface area contributed by atoms with Crippen LogP contribution in [0.25, 0.3) is 0 Å². The van der Waals surface area contributed by atoms with E-state index >= 15 is 0 Å². The first-order valence-electron chi connectivity index (χ1n) is 8.04. The van der Waals surface area contributed by atoms with E-state index in [4.69, 9.17) is 0 Å². The lowest BCUT2D eigenvalue weighted by Gasteiger charge is -2.27. The van der Waals surface area contributed by atoms with Gasteiger partial charge in [0.15, 0.2) is 0 Å². The average Bonchev–Trinajstić information content (AvgIpc) is 2.39. The van der Waals surface area contributed by atoms with Gasteiger partial charge in [-0.25, -0.2) is 0 Å². The van der Waals surface area contributed by atoms with Crippen molar-refractivity contribution < 1.29 is 0 Å². The first-order valence-corrected chi connectivity index (χ1v) is 29.8. The Balaban J connectivity index is 2.46. The maximum absolute atomic E-state index is 2.86. The highest BCUT2D eigenvalue weighted by Gasteiger charge is 2.31. The average molecular weight is 367 g/mol. The summed E-state index contributed by atoms with van der Waals surface area (Å²) in [5.74, 6) is 0. The predicted molar refractivity (Wildman–Crippen MR) is 111 cm³/mol. The highest BCUT2D eigenvalue weighted by molar-refractivity contribution is 7.68. The van der Waals surface area contributed by atoms with E-state index < -0.39 is 0 Å². The molecular formula is C9H34Si8. The molecule has 1 heterocycles. The molecule has 1 fully saturated rings. The molecule has 0 nitrogen and oxygen atoms in total. The van der Waals surface area contributed by atoms with E-state index in [1.807, 2.05) is 17.4 Å². The van der Waals surface area contributed by atoms with Crippen molar-refractivity contribution in [1.29, 1.82) is 0 Å². The van der Waals surface area contributed by atoms with Gasteiger partial charge in [0.1, 0.15) is 0 Å². The van der Waals surface area contributed by atoms with Crippen LogP contribution < -0.4 is 0 Å². The lowest BCUT2D eigenvalue weighted by Crippen LogP contribution is -2.51. The van der Waals surface area contributed by atoms with Crippen LogP contribution in [0.2, 0.25) is 54.4 Å². The van der Waals surface area contributed by atoms with Crippen molar-refractivity contribution in [2.75, 3.05) is 0 Å². The lowest BCUT2D eigenvalue weighted by molar-refractivity contribution is 1.30. The fraction of sp³-hybridized carbons (Fsp3) is 1.00. The van der Waals surface area contributed by atoms with Gasteiger partial charge in [0.2, 0.25) is 0 Å². The molecule has 1 aliphatic heterocycles. The van der Waals surface area contributed by atoms with Crippen LogP contribution in [0.4, 0.5) is 0 Å². The molecule has 0 saturated carbocycles. The summed E-state index contributed by atoms with van der Waals surface area (Å²) >= 11 is 0. The molecule has 17 heavy (non-hydrogen) atoms. The topological polar surface area (TPSA) is 0 Å².